The molecule has 1 saturated heterocycles. The summed E-state index contributed by atoms with van der Waals surface area (Å²) in [4.78, 5) is 2.67. The molecular formula is C16H34N2S. The SMILES string of the molecule is CSCCCC(CN)N1CCCC(C(C)(C)C)CC1. The molecule has 0 radical (unpaired) electrons. The van der Waals surface area contributed by atoms with Crippen molar-refractivity contribution in [2.45, 2.75) is 58.9 Å². The lowest BCUT2D eigenvalue weighted by Gasteiger charge is -2.32. The van der Waals surface area contributed by atoms with Crippen LogP contribution in [0.15, 0.2) is 0 Å². The highest BCUT2D eigenvalue weighted by Gasteiger charge is 2.28. The number of hydrogen-bond donors (Lipinski definition) is 1. The summed E-state index contributed by atoms with van der Waals surface area (Å²) in [5.41, 5.74) is 6.47. The Hall–Kier alpha value is 0.270. The van der Waals surface area contributed by atoms with E-state index in [0.29, 0.717) is 11.5 Å². The van der Waals surface area contributed by atoms with Gasteiger partial charge in [0.25, 0.3) is 0 Å². The largest absolute Gasteiger partial charge is 0.329 e. The number of rotatable bonds is 6. The molecule has 2 atom stereocenters. The molecule has 2 unspecified atom stereocenters. The van der Waals surface area contributed by atoms with Gasteiger partial charge < -0.3 is 5.73 Å². The van der Waals surface area contributed by atoms with E-state index in [1.54, 1.807) is 0 Å². The predicted molar refractivity (Wildman–Crippen MR) is 88.8 cm³/mol. The fraction of sp³-hybridized carbons (Fsp3) is 1.00. The summed E-state index contributed by atoms with van der Waals surface area (Å²) in [6.45, 7) is 10.5. The molecule has 2 N–H and O–H groups in total. The Morgan fingerprint density at radius 2 is 2.00 bits per heavy atom. The minimum atomic E-state index is 0.465. The number of nitrogens with zero attached hydrogens (tertiary/aromatic N) is 1. The molecule has 0 aromatic rings. The van der Waals surface area contributed by atoms with Crippen LogP contribution in [0.25, 0.3) is 0 Å². The molecule has 0 aromatic carbocycles. The van der Waals surface area contributed by atoms with E-state index in [0.717, 1.165) is 12.5 Å². The first kappa shape index (κ1) is 17.3. The topological polar surface area (TPSA) is 29.3 Å². The van der Waals surface area contributed by atoms with Crippen molar-refractivity contribution in [1.82, 2.24) is 4.90 Å². The van der Waals surface area contributed by atoms with Crippen molar-refractivity contribution in [2.75, 3.05) is 31.6 Å². The Balaban J connectivity index is 2.45. The normalized spacial score (nSPS) is 24.2. The smallest absolute Gasteiger partial charge is 0.0218 e. The van der Waals surface area contributed by atoms with E-state index in [1.807, 2.05) is 11.8 Å². The van der Waals surface area contributed by atoms with E-state index in [9.17, 15) is 0 Å². The van der Waals surface area contributed by atoms with Gasteiger partial charge in [-0.25, -0.2) is 0 Å². The molecule has 2 nitrogen and oxygen atoms in total. The van der Waals surface area contributed by atoms with Gasteiger partial charge in [-0.3, -0.25) is 4.90 Å². The Labute approximate surface area is 124 Å². The molecule has 1 aliphatic heterocycles. The second-order valence-corrected chi connectivity index (χ2v) is 8.04. The maximum Gasteiger partial charge on any atom is 0.0218 e. The van der Waals surface area contributed by atoms with Crippen molar-refractivity contribution in [3.05, 3.63) is 0 Å². The fourth-order valence-electron chi connectivity index (χ4n) is 3.26. The highest BCUT2D eigenvalue weighted by molar-refractivity contribution is 7.98. The van der Waals surface area contributed by atoms with Crippen LogP contribution in [0.1, 0.15) is 52.9 Å². The number of hydrogen-bond acceptors (Lipinski definition) is 3. The second-order valence-electron chi connectivity index (χ2n) is 7.05. The Bertz CT molecular complexity index is 237. The van der Waals surface area contributed by atoms with Crippen molar-refractivity contribution >= 4 is 11.8 Å². The van der Waals surface area contributed by atoms with Crippen LogP contribution < -0.4 is 5.73 Å². The zero-order valence-electron chi connectivity index (χ0n) is 13.5. The molecule has 114 valence electrons. The van der Waals surface area contributed by atoms with Gasteiger partial charge in [0.05, 0.1) is 0 Å². The van der Waals surface area contributed by atoms with Gasteiger partial charge in [0.1, 0.15) is 0 Å². The number of likely N-dealkylation sites (tertiary alicyclic amines) is 1. The van der Waals surface area contributed by atoms with Crippen LogP contribution in [0.4, 0.5) is 0 Å². The Morgan fingerprint density at radius 3 is 2.58 bits per heavy atom. The summed E-state index contributed by atoms with van der Waals surface area (Å²) >= 11 is 1.95. The fourth-order valence-corrected chi connectivity index (χ4v) is 3.72. The van der Waals surface area contributed by atoms with Crippen molar-refractivity contribution in [3.8, 4) is 0 Å². The van der Waals surface area contributed by atoms with E-state index in [4.69, 9.17) is 5.73 Å². The second kappa shape index (κ2) is 8.53. The van der Waals surface area contributed by atoms with Gasteiger partial charge >= 0.3 is 0 Å². The Morgan fingerprint density at radius 1 is 1.26 bits per heavy atom. The molecule has 0 aromatic heterocycles. The van der Waals surface area contributed by atoms with Crippen LogP contribution in [-0.2, 0) is 0 Å². The standard InChI is InChI=1S/C16H34N2S/c1-16(2,3)14-7-5-10-18(11-9-14)15(13-17)8-6-12-19-4/h14-15H,5-13,17H2,1-4H3. The molecule has 0 amide bonds. The van der Waals surface area contributed by atoms with E-state index in [-0.39, 0.29) is 0 Å². The van der Waals surface area contributed by atoms with Gasteiger partial charge in [0.15, 0.2) is 0 Å². The van der Waals surface area contributed by atoms with Crippen LogP contribution in [-0.4, -0.2) is 42.6 Å². The zero-order valence-corrected chi connectivity index (χ0v) is 14.3. The zero-order chi connectivity index (χ0) is 14.3. The first-order valence-electron chi connectivity index (χ1n) is 7.92. The number of nitrogens with two attached hydrogens (primary N) is 1. The van der Waals surface area contributed by atoms with Crippen LogP contribution in [0.5, 0.6) is 0 Å². The van der Waals surface area contributed by atoms with E-state index >= 15 is 0 Å². The van der Waals surface area contributed by atoms with Gasteiger partial charge in [0, 0.05) is 12.6 Å². The Kier molecular flexibility index (Phi) is 7.78. The first-order chi connectivity index (χ1) is 8.99. The molecule has 0 bridgehead atoms. The van der Waals surface area contributed by atoms with Crippen molar-refractivity contribution in [2.24, 2.45) is 17.1 Å². The maximum atomic E-state index is 6.01. The third-order valence-electron chi connectivity index (χ3n) is 4.66. The molecular weight excluding hydrogens is 252 g/mol. The molecule has 0 saturated carbocycles. The van der Waals surface area contributed by atoms with Gasteiger partial charge in [-0.15, -0.1) is 0 Å². The first-order valence-corrected chi connectivity index (χ1v) is 9.31. The van der Waals surface area contributed by atoms with Crippen molar-refractivity contribution in [1.29, 1.82) is 0 Å². The number of thioether (sulfide) groups is 1. The molecule has 1 fully saturated rings. The van der Waals surface area contributed by atoms with Crippen LogP contribution in [0.3, 0.4) is 0 Å². The summed E-state index contributed by atoms with van der Waals surface area (Å²) < 4.78 is 0. The maximum absolute atomic E-state index is 6.01. The van der Waals surface area contributed by atoms with Crippen molar-refractivity contribution in [3.63, 3.8) is 0 Å². The highest BCUT2D eigenvalue weighted by atomic mass is 32.2. The summed E-state index contributed by atoms with van der Waals surface area (Å²) in [6, 6.07) is 0.617. The van der Waals surface area contributed by atoms with Crippen LogP contribution in [0.2, 0.25) is 0 Å². The monoisotopic (exact) mass is 286 g/mol. The van der Waals surface area contributed by atoms with Crippen molar-refractivity contribution < 1.29 is 0 Å². The van der Waals surface area contributed by atoms with Gasteiger partial charge in [-0.2, -0.15) is 11.8 Å². The minimum absolute atomic E-state index is 0.465. The molecule has 1 heterocycles. The lowest BCUT2D eigenvalue weighted by Crippen LogP contribution is -2.41. The van der Waals surface area contributed by atoms with E-state index in [2.05, 4.69) is 31.9 Å². The van der Waals surface area contributed by atoms with E-state index in [1.165, 1.54) is 50.9 Å². The molecule has 0 aliphatic carbocycles. The molecule has 19 heavy (non-hydrogen) atoms. The highest BCUT2D eigenvalue weighted by Crippen LogP contribution is 2.34. The average Bonchev–Trinajstić information content (AvgIpc) is 2.60. The van der Waals surface area contributed by atoms with Gasteiger partial charge in [-0.05, 0) is 68.5 Å². The summed E-state index contributed by atoms with van der Waals surface area (Å²) in [5, 5.41) is 0. The average molecular weight is 287 g/mol. The summed E-state index contributed by atoms with van der Waals surface area (Å²) in [5.74, 6) is 2.15. The van der Waals surface area contributed by atoms with Gasteiger partial charge in [0.2, 0.25) is 0 Å². The molecule has 1 aliphatic rings. The predicted octanol–water partition coefficient (Wildman–Crippen LogP) is 3.61. The summed E-state index contributed by atoms with van der Waals surface area (Å²) in [6.07, 6.45) is 8.86. The lowest BCUT2D eigenvalue weighted by molar-refractivity contribution is 0.178. The van der Waals surface area contributed by atoms with E-state index < -0.39 is 0 Å². The minimum Gasteiger partial charge on any atom is -0.329 e. The molecule has 0 spiro atoms. The van der Waals surface area contributed by atoms with Crippen LogP contribution in [0, 0.1) is 11.3 Å². The van der Waals surface area contributed by atoms with Gasteiger partial charge in [-0.1, -0.05) is 20.8 Å². The lowest BCUT2D eigenvalue weighted by atomic mass is 9.77. The summed E-state index contributed by atoms with van der Waals surface area (Å²) in [7, 11) is 0. The third kappa shape index (κ3) is 6.05. The molecule has 3 heteroatoms. The quantitative estimate of drug-likeness (QED) is 0.756. The van der Waals surface area contributed by atoms with Crippen LogP contribution >= 0.6 is 11.8 Å². The molecule has 1 rings (SSSR count). The third-order valence-corrected chi connectivity index (χ3v) is 5.36.